The minimum absolute atomic E-state index is 0.0740. The van der Waals surface area contributed by atoms with Gasteiger partial charge >= 0.3 is 0 Å². The highest BCUT2D eigenvalue weighted by molar-refractivity contribution is 6.27. The second kappa shape index (κ2) is 3.41. The van der Waals surface area contributed by atoms with Crippen LogP contribution in [0.5, 0.6) is 0 Å². The van der Waals surface area contributed by atoms with E-state index in [9.17, 15) is 9.59 Å². The smallest absolute Gasteiger partial charge is 0.190 e. The van der Waals surface area contributed by atoms with Crippen molar-refractivity contribution in [3.05, 3.63) is 46.6 Å². The van der Waals surface area contributed by atoms with E-state index in [1.54, 1.807) is 0 Å². The maximum Gasteiger partial charge on any atom is 0.190 e. The molecule has 0 fully saturated rings. The lowest BCUT2D eigenvalue weighted by Crippen LogP contribution is -2.25. The topological polar surface area (TPSA) is 34.1 Å². The molecule has 0 aromatic carbocycles. The molecule has 0 unspecified atom stereocenters. The minimum Gasteiger partial charge on any atom is -0.289 e. The second-order valence-electron chi connectivity index (χ2n) is 4.32. The van der Waals surface area contributed by atoms with Gasteiger partial charge in [0, 0.05) is 22.3 Å². The van der Waals surface area contributed by atoms with Crippen molar-refractivity contribution in [2.45, 2.75) is 25.7 Å². The van der Waals surface area contributed by atoms with Crippen LogP contribution in [0.1, 0.15) is 25.7 Å². The molecular weight excluding hydrogens is 200 g/mol. The molecule has 3 rings (SSSR count). The Morgan fingerprint density at radius 3 is 1.62 bits per heavy atom. The van der Waals surface area contributed by atoms with Crippen LogP contribution in [0.4, 0.5) is 0 Å². The summed E-state index contributed by atoms with van der Waals surface area (Å²) in [5, 5.41) is 0. The molecule has 0 aromatic rings. The SMILES string of the molecule is O=C1C2=C(CCC=C2)C(=O)C2=C1CCC=C2. The quantitative estimate of drug-likeness (QED) is 0.578. The summed E-state index contributed by atoms with van der Waals surface area (Å²) >= 11 is 0. The summed E-state index contributed by atoms with van der Waals surface area (Å²) in [6.45, 7) is 0. The van der Waals surface area contributed by atoms with E-state index in [-0.39, 0.29) is 11.6 Å². The molecule has 0 amide bonds. The number of hydrogen-bond donors (Lipinski definition) is 0. The Morgan fingerprint density at radius 2 is 1.19 bits per heavy atom. The Hall–Kier alpha value is -1.70. The third-order valence-corrected chi connectivity index (χ3v) is 3.38. The molecule has 0 saturated carbocycles. The fourth-order valence-corrected chi connectivity index (χ4v) is 2.55. The fourth-order valence-electron chi connectivity index (χ4n) is 2.55. The van der Waals surface area contributed by atoms with Crippen LogP contribution in [-0.4, -0.2) is 11.6 Å². The Bertz CT molecular complexity index is 465. The van der Waals surface area contributed by atoms with Crippen molar-refractivity contribution in [1.29, 1.82) is 0 Å². The molecule has 3 aliphatic carbocycles. The van der Waals surface area contributed by atoms with Gasteiger partial charge in [-0.15, -0.1) is 0 Å². The highest BCUT2D eigenvalue weighted by atomic mass is 16.1. The van der Waals surface area contributed by atoms with Gasteiger partial charge in [0.1, 0.15) is 0 Å². The second-order valence-corrected chi connectivity index (χ2v) is 4.32. The molecule has 0 spiro atoms. The molecule has 3 aliphatic rings. The van der Waals surface area contributed by atoms with Gasteiger partial charge in [-0.1, -0.05) is 24.3 Å². The molecule has 16 heavy (non-hydrogen) atoms. The summed E-state index contributed by atoms with van der Waals surface area (Å²) in [4.78, 5) is 24.4. The molecule has 0 atom stereocenters. The number of Topliss-reactive ketones (excluding diaryl/α,β-unsaturated/α-hetero) is 2. The Morgan fingerprint density at radius 1 is 0.750 bits per heavy atom. The zero-order valence-corrected chi connectivity index (χ0v) is 8.95. The Kier molecular flexibility index (Phi) is 2.03. The van der Waals surface area contributed by atoms with Crippen molar-refractivity contribution in [2.75, 3.05) is 0 Å². The average Bonchev–Trinajstić information content (AvgIpc) is 2.36. The van der Waals surface area contributed by atoms with Gasteiger partial charge < -0.3 is 0 Å². The van der Waals surface area contributed by atoms with Gasteiger partial charge in [0.05, 0.1) is 0 Å². The van der Waals surface area contributed by atoms with Crippen molar-refractivity contribution >= 4 is 11.6 Å². The van der Waals surface area contributed by atoms with E-state index >= 15 is 0 Å². The van der Waals surface area contributed by atoms with Crippen LogP contribution in [0.25, 0.3) is 0 Å². The van der Waals surface area contributed by atoms with E-state index in [4.69, 9.17) is 0 Å². The summed E-state index contributed by atoms with van der Waals surface area (Å²) in [5.41, 5.74) is 2.73. The van der Waals surface area contributed by atoms with Crippen LogP contribution in [0.3, 0.4) is 0 Å². The van der Waals surface area contributed by atoms with Crippen LogP contribution < -0.4 is 0 Å². The van der Waals surface area contributed by atoms with Gasteiger partial charge in [0.25, 0.3) is 0 Å². The van der Waals surface area contributed by atoms with Crippen molar-refractivity contribution in [2.24, 2.45) is 0 Å². The van der Waals surface area contributed by atoms with Crippen molar-refractivity contribution in [3.63, 3.8) is 0 Å². The first-order valence-corrected chi connectivity index (χ1v) is 5.68. The number of carbonyl (C=O) groups is 2. The normalized spacial score (nSPS) is 23.8. The van der Waals surface area contributed by atoms with Gasteiger partial charge in [0.15, 0.2) is 11.6 Å². The average molecular weight is 212 g/mol. The molecule has 2 heteroatoms. The number of hydrogen-bond acceptors (Lipinski definition) is 2. The number of carbonyl (C=O) groups excluding carboxylic acids is 2. The molecule has 0 N–H and O–H groups in total. The molecule has 0 aliphatic heterocycles. The molecule has 0 saturated heterocycles. The molecular formula is C14H12O2. The van der Waals surface area contributed by atoms with Gasteiger partial charge in [-0.25, -0.2) is 0 Å². The number of ketones is 2. The molecule has 0 heterocycles. The third-order valence-electron chi connectivity index (χ3n) is 3.38. The molecule has 0 bridgehead atoms. The number of rotatable bonds is 0. The molecule has 0 radical (unpaired) electrons. The maximum absolute atomic E-state index is 12.2. The van der Waals surface area contributed by atoms with Gasteiger partial charge in [-0.3, -0.25) is 9.59 Å². The fraction of sp³-hybridized carbons (Fsp3) is 0.286. The standard InChI is InChI=1S/C14H12O2/c15-13-9-5-1-2-6-10(9)14(16)12-8-4-3-7-11(12)13/h1,4-5,8H,2-3,6-7H2. The Balaban J connectivity index is 2.16. The zero-order chi connectivity index (χ0) is 11.1. The predicted molar refractivity (Wildman–Crippen MR) is 60.8 cm³/mol. The van der Waals surface area contributed by atoms with Crippen molar-refractivity contribution in [3.8, 4) is 0 Å². The summed E-state index contributed by atoms with van der Waals surface area (Å²) in [7, 11) is 0. The van der Waals surface area contributed by atoms with E-state index in [1.165, 1.54) is 0 Å². The first-order valence-electron chi connectivity index (χ1n) is 5.68. The van der Waals surface area contributed by atoms with Gasteiger partial charge in [-0.05, 0) is 25.7 Å². The molecule has 80 valence electrons. The van der Waals surface area contributed by atoms with Crippen LogP contribution in [0.2, 0.25) is 0 Å². The van der Waals surface area contributed by atoms with E-state index in [1.807, 2.05) is 24.3 Å². The van der Waals surface area contributed by atoms with E-state index in [0.29, 0.717) is 24.0 Å². The highest BCUT2D eigenvalue weighted by Crippen LogP contribution is 2.35. The maximum atomic E-state index is 12.2. The summed E-state index contributed by atoms with van der Waals surface area (Å²) in [6.07, 6.45) is 10.8. The largest absolute Gasteiger partial charge is 0.289 e. The monoisotopic (exact) mass is 212 g/mol. The predicted octanol–water partition coefficient (Wildman–Crippen LogP) is 2.43. The highest BCUT2D eigenvalue weighted by Gasteiger charge is 2.33. The van der Waals surface area contributed by atoms with Crippen molar-refractivity contribution in [1.82, 2.24) is 0 Å². The lowest BCUT2D eigenvalue weighted by molar-refractivity contribution is -0.116. The van der Waals surface area contributed by atoms with Crippen LogP contribution in [-0.2, 0) is 9.59 Å². The van der Waals surface area contributed by atoms with Crippen LogP contribution in [0.15, 0.2) is 46.6 Å². The minimum atomic E-state index is 0.0740. The zero-order valence-electron chi connectivity index (χ0n) is 8.95. The summed E-state index contributed by atoms with van der Waals surface area (Å²) in [5.74, 6) is 0.148. The van der Waals surface area contributed by atoms with E-state index < -0.39 is 0 Å². The lowest BCUT2D eigenvalue weighted by atomic mass is 9.77. The summed E-state index contributed by atoms with van der Waals surface area (Å²) in [6, 6.07) is 0. The summed E-state index contributed by atoms with van der Waals surface area (Å²) < 4.78 is 0. The van der Waals surface area contributed by atoms with Crippen LogP contribution in [0, 0.1) is 0 Å². The van der Waals surface area contributed by atoms with E-state index in [0.717, 1.165) is 24.0 Å². The van der Waals surface area contributed by atoms with E-state index in [2.05, 4.69) is 0 Å². The van der Waals surface area contributed by atoms with Gasteiger partial charge in [-0.2, -0.15) is 0 Å². The van der Waals surface area contributed by atoms with Crippen molar-refractivity contribution < 1.29 is 9.59 Å². The first-order chi connectivity index (χ1) is 7.79. The lowest BCUT2D eigenvalue weighted by Gasteiger charge is -2.24. The van der Waals surface area contributed by atoms with Gasteiger partial charge in [0.2, 0.25) is 0 Å². The van der Waals surface area contributed by atoms with Crippen LogP contribution >= 0.6 is 0 Å². The molecule has 2 nitrogen and oxygen atoms in total. The molecule has 0 aromatic heterocycles. The number of allylic oxidation sites excluding steroid dienone is 8. The Labute approximate surface area is 94.0 Å². The third kappa shape index (κ3) is 1.19. The first kappa shape index (κ1) is 9.52.